The Hall–Kier alpha value is -2.87. The van der Waals surface area contributed by atoms with E-state index in [1.54, 1.807) is 6.92 Å². The summed E-state index contributed by atoms with van der Waals surface area (Å²) in [5.74, 6) is -4.05. The molecule has 1 aliphatic rings. The van der Waals surface area contributed by atoms with E-state index < -0.39 is 39.1 Å². The van der Waals surface area contributed by atoms with Crippen molar-refractivity contribution in [2.75, 3.05) is 36.6 Å². The number of sulfone groups is 1. The van der Waals surface area contributed by atoms with Crippen molar-refractivity contribution in [3.8, 4) is 0 Å². The number of para-hydroxylation sites is 1. The summed E-state index contributed by atoms with van der Waals surface area (Å²) in [6, 6.07) is 7.53. The van der Waals surface area contributed by atoms with Gasteiger partial charge in [0, 0.05) is 18.0 Å². The highest BCUT2D eigenvalue weighted by Crippen LogP contribution is 2.39. The standard InChI is InChI=1S/C25H29N3O7S3/c1-3-34-13-12-28-17-9-5-6-10-19(17)37-25(28)27-21(30)15-38(32,33)14-20(29)26-23-22(24(31)35-4-2)16-8-7-11-18(16)36-23/h5-6,9-10H,3-4,7-8,11-15H2,1-2H3,(H,26,29). The Morgan fingerprint density at radius 1 is 1.08 bits per heavy atom. The van der Waals surface area contributed by atoms with Crippen molar-refractivity contribution in [3.05, 3.63) is 45.1 Å². The van der Waals surface area contributed by atoms with E-state index in [1.807, 2.05) is 35.8 Å². The molecule has 1 N–H and O–H groups in total. The van der Waals surface area contributed by atoms with Gasteiger partial charge < -0.3 is 19.4 Å². The lowest BCUT2D eigenvalue weighted by Gasteiger charge is -2.08. The number of rotatable bonds is 11. The number of carbonyl (C=O) groups is 3. The van der Waals surface area contributed by atoms with E-state index in [9.17, 15) is 22.8 Å². The van der Waals surface area contributed by atoms with Crippen molar-refractivity contribution < 1.29 is 32.3 Å². The number of hydrogen-bond acceptors (Lipinski definition) is 9. The number of benzene rings is 1. The molecule has 2 amide bonds. The molecule has 1 aromatic carbocycles. The maximum Gasteiger partial charge on any atom is 0.341 e. The molecule has 1 aliphatic carbocycles. The van der Waals surface area contributed by atoms with Gasteiger partial charge in [0.1, 0.15) is 16.5 Å². The van der Waals surface area contributed by atoms with Crippen LogP contribution >= 0.6 is 22.7 Å². The number of thiophene rings is 1. The van der Waals surface area contributed by atoms with Crippen LogP contribution in [0.5, 0.6) is 0 Å². The van der Waals surface area contributed by atoms with Crippen LogP contribution in [0.2, 0.25) is 0 Å². The Kier molecular flexibility index (Phi) is 9.13. The molecule has 204 valence electrons. The first-order chi connectivity index (χ1) is 18.2. The third-order valence-electron chi connectivity index (χ3n) is 5.82. The van der Waals surface area contributed by atoms with Crippen LogP contribution < -0.4 is 10.1 Å². The van der Waals surface area contributed by atoms with E-state index in [-0.39, 0.29) is 11.6 Å². The molecule has 13 heteroatoms. The van der Waals surface area contributed by atoms with Gasteiger partial charge in [0.05, 0.1) is 29.0 Å². The maximum atomic E-state index is 12.7. The number of aromatic nitrogens is 1. The van der Waals surface area contributed by atoms with Crippen LogP contribution in [0.4, 0.5) is 5.00 Å². The van der Waals surface area contributed by atoms with Crippen LogP contribution in [0, 0.1) is 0 Å². The zero-order valence-electron chi connectivity index (χ0n) is 21.2. The van der Waals surface area contributed by atoms with E-state index in [1.165, 1.54) is 22.7 Å². The van der Waals surface area contributed by atoms with Gasteiger partial charge >= 0.3 is 5.97 Å². The number of aryl methyl sites for hydroxylation is 1. The number of fused-ring (bicyclic) bond motifs is 2. The average molecular weight is 580 g/mol. The molecule has 10 nitrogen and oxygen atoms in total. The number of esters is 1. The highest BCUT2D eigenvalue weighted by atomic mass is 32.2. The quantitative estimate of drug-likeness (QED) is 0.273. The summed E-state index contributed by atoms with van der Waals surface area (Å²) in [5.41, 5.74) is 2.01. The normalized spacial score (nSPS) is 13.6. The van der Waals surface area contributed by atoms with Gasteiger partial charge in [-0.3, -0.25) is 9.59 Å². The second-order valence-electron chi connectivity index (χ2n) is 8.57. The van der Waals surface area contributed by atoms with Gasteiger partial charge in [-0.05, 0) is 50.8 Å². The van der Waals surface area contributed by atoms with Crippen molar-refractivity contribution in [2.24, 2.45) is 4.99 Å². The number of hydrogen-bond donors (Lipinski definition) is 1. The Morgan fingerprint density at radius 2 is 1.87 bits per heavy atom. The molecule has 0 bridgehead atoms. The van der Waals surface area contributed by atoms with E-state index in [0.717, 1.165) is 33.5 Å². The molecular formula is C25H29N3O7S3. The lowest BCUT2D eigenvalue weighted by molar-refractivity contribution is -0.115. The molecule has 0 fully saturated rings. The molecule has 2 aromatic heterocycles. The molecule has 0 saturated heterocycles. The first-order valence-corrected chi connectivity index (χ1v) is 15.7. The van der Waals surface area contributed by atoms with Gasteiger partial charge in [0.25, 0.3) is 5.91 Å². The Morgan fingerprint density at radius 3 is 2.63 bits per heavy atom. The number of amides is 2. The lowest BCUT2D eigenvalue weighted by Crippen LogP contribution is -2.28. The summed E-state index contributed by atoms with van der Waals surface area (Å²) in [6.07, 6.45) is 2.40. The third kappa shape index (κ3) is 6.57. The number of thiazole rings is 1. The first kappa shape index (κ1) is 28.1. The molecule has 0 saturated carbocycles. The van der Waals surface area contributed by atoms with Crippen molar-refractivity contribution in [1.82, 2.24) is 4.57 Å². The van der Waals surface area contributed by atoms with Crippen molar-refractivity contribution in [3.63, 3.8) is 0 Å². The van der Waals surface area contributed by atoms with Gasteiger partial charge in [-0.15, -0.1) is 11.3 Å². The van der Waals surface area contributed by atoms with Crippen molar-refractivity contribution in [1.29, 1.82) is 0 Å². The lowest BCUT2D eigenvalue weighted by atomic mass is 10.1. The number of nitrogens with zero attached hydrogens (tertiary/aromatic N) is 2. The fourth-order valence-electron chi connectivity index (χ4n) is 4.27. The molecule has 3 aromatic rings. The number of anilines is 1. The molecule has 0 aliphatic heterocycles. The summed E-state index contributed by atoms with van der Waals surface area (Å²) < 4.78 is 38.7. The van der Waals surface area contributed by atoms with Crippen molar-refractivity contribution in [2.45, 2.75) is 39.7 Å². The van der Waals surface area contributed by atoms with Crippen LogP contribution in [-0.4, -0.2) is 62.1 Å². The molecule has 0 radical (unpaired) electrons. The predicted molar refractivity (Wildman–Crippen MR) is 146 cm³/mol. The summed E-state index contributed by atoms with van der Waals surface area (Å²) in [4.78, 5) is 43.2. The smallest absolute Gasteiger partial charge is 0.341 e. The minimum absolute atomic E-state index is 0.183. The molecule has 0 atom stereocenters. The maximum absolute atomic E-state index is 12.7. The van der Waals surface area contributed by atoms with Crippen molar-refractivity contribution >= 4 is 65.5 Å². The second-order valence-corrected chi connectivity index (χ2v) is 12.7. The molecule has 0 spiro atoms. The minimum atomic E-state index is -4.12. The van der Waals surface area contributed by atoms with E-state index >= 15 is 0 Å². The zero-order chi connectivity index (χ0) is 27.3. The molecule has 4 rings (SSSR count). The Labute approximate surface area is 228 Å². The topological polar surface area (TPSA) is 133 Å². The minimum Gasteiger partial charge on any atom is -0.462 e. The Bertz CT molecular complexity index is 1530. The predicted octanol–water partition coefficient (Wildman–Crippen LogP) is 2.95. The second kappa shape index (κ2) is 12.3. The zero-order valence-corrected chi connectivity index (χ0v) is 23.6. The summed E-state index contributed by atoms with van der Waals surface area (Å²) >= 11 is 2.53. The molecule has 38 heavy (non-hydrogen) atoms. The van der Waals surface area contributed by atoms with Gasteiger partial charge in [-0.1, -0.05) is 23.5 Å². The van der Waals surface area contributed by atoms with Crippen LogP contribution in [0.3, 0.4) is 0 Å². The number of ether oxygens (including phenoxy) is 2. The van der Waals surface area contributed by atoms with E-state index in [2.05, 4.69) is 10.3 Å². The van der Waals surface area contributed by atoms with Crippen LogP contribution in [0.1, 0.15) is 41.1 Å². The number of nitrogens with one attached hydrogen (secondary N) is 1. The highest BCUT2D eigenvalue weighted by Gasteiger charge is 2.29. The van der Waals surface area contributed by atoms with Crippen LogP contribution in [0.25, 0.3) is 10.2 Å². The SMILES string of the molecule is CCOCCn1c(=NC(=O)CS(=O)(=O)CC(=O)Nc2sc3c(c2C(=O)OCC)CCC3)sc2ccccc21. The largest absolute Gasteiger partial charge is 0.462 e. The van der Waals surface area contributed by atoms with Crippen LogP contribution in [-0.2, 0) is 48.3 Å². The van der Waals surface area contributed by atoms with Gasteiger partial charge in [0.15, 0.2) is 14.6 Å². The summed E-state index contributed by atoms with van der Waals surface area (Å²) in [5, 5.41) is 2.84. The average Bonchev–Trinajstić information content (AvgIpc) is 3.51. The molecule has 2 heterocycles. The monoisotopic (exact) mass is 579 g/mol. The first-order valence-electron chi connectivity index (χ1n) is 12.3. The fraction of sp³-hybridized carbons (Fsp3) is 0.440. The molecular weight excluding hydrogens is 550 g/mol. The van der Waals surface area contributed by atoms with Gasteiger partial charge in [-0.25, -0.2) is 13.2 Å². The number of carbonyl (C=O) groups excluding carboxylic acids is 3. The summed E-state index contributed by atoms with van der Waals surface area (Å²) in [6.45, 7) is 5.17. The van der Waals surface area contributed by atoms with E-state index in [4.69, 9.17) is 9.47 Å². The van der Waals surface area contributed by atoms with Gasteiger partial charge in [0.2, 0.25) is 5.91 Å². The van der Waals surface area contributed by atoms with Gasteiger partial charge in [-0.2, -0.15) is 4.99 Å². The van der Waals surface area contributed by atoms with E-state index in [0.29, 0.717) is 36.5 Å². The highest BCUT2D eigenvalue weighted by molar-refractivity contribution is 7.92. The third-order valence-corrected chi connectivity index (χ3v) is 9.48. The summed E-state index contributed by atoms with van der Waals surface area (Å²) in [7, 11) is -4.12. The Balaban J connectivity index is 1.48. The van der Waals surface area contributed by atoms with Crippen LogP contribution in [0.15, 0.2) is 29.3 Å². The fourth-order valence-corrected chi connectivity index (χ4v) is 7.66. The molecule has 0 unspecified atom stereocenters.